The van der Waals surface area contributed by atoms with Crippen molar-refractivity contribution in [3.05, 3.63) is 64.1 Å². The van der Waals surface area contributed by atoms with Crippen molar-refractivity contribution in [3.8, 4) is 23.0 Å². The van der Waals surface area contributed by atoms with Gasteiger partial charge in [0.25, 0.3) is 5.91 Å². The molecule has 0 bridgehead atoms. The van der Waals surface area contributed by atoms with Gasteiger partial charge >= 0.3 is 0 Å². The highest BCUT2D eigenvalue weighted by atomic mass is 16.5. The summed E-state index contributed by atoms with van der Waals surface area (Å²) in [4.78, 5) is 38.6. The Kier molecular flexibility index (Phi) is 7.88. The van der Waals surface area contributed by atoms with Crippen molar-refractivity contribution in [2.75, 3.05) is 40.9 Å². The third kappa shape index (κ3) is 4.83. The Bertz CT molecular complexity index is 1270. The smallest absolute Gasteiger partial charge is 0.259 e. The van der Waals surface area contributed by atoms with Crippen LogP contribution in [0.1, 0.15) is 22.8 Å². The minimum absolute atomic E-state index is 0.0327. The Hall–Kier alpha value is -4.47. The second-order valence-corrected chi connectivity index (χ2v) is 7.72. The summed E-state index contributed by atoms with van der Waals surface area (Å²) in [5.74, 6) is -1.11. The van der Waals surface area contributed by atoms with Crippen molar-refractivity contribution in [2.45, 2.75) is 13.3 Å². The fourth-order valence-corrected chi connectivity index (χ4v) is 3.84. The molecule has 2 aromatic carbocycles. The number of benzene rings is 2. The second-order valence-electron chi connectivity index (χ2n) is 7.72. The number of phenols is 1. The van der Waals surface area contributed by atoms with Gasteiger partial charge in [-0.15, -0.1) is 0 Å². The first kappa shape index (κ1) is 26.1. The van der Waals surface area contributed by atoms with Crippen LogP contribution in [0.15, 0.2) is 53.0 Å². The average molecular weight is 498 g/mol. The molecule has 0 saturated heterocycles. The van der Waals surface area contributed by atoms with Gasteiger partial charge in [-0.1, -0.05) is 6.07 Å². The summed E-state index contributed by atoms with van der Waals surface area (Å²) in [6.45, 7) is 1.53. The summed E-state index contributed by atoms with van der Waals surface area (Å²) in [5, 5.41) is 13.1. The average Bonchev–Trinajstić information content (AvgIpc) is 2.88. The third-order valence-electron chi connectivity index (χ3n) is 5.70. The van der Waals surface area contributed by atoms with E-state index in [1.54, 1.807) is 18.2 Å². The molecule has 0 aromatic heterocycles. The van der Waals surface area contributed by atoms with Crippen molar-refractivity contribution in [2.24, 2.45) is 0 Å². The fourth-order valence-electron chi connectivity index (χ4n) is 3.84. The highest BCUT2D eigenvalue weighted by Crippen LogP contribution is 2.40. The number of allylic oxidation sites excluding steroid dienone is 2. The van der Waals surface area contributed by atoms with Crippen molar-refractivity contribution in [3.63, 3.8) is 0 Å². The topological polar surface area (TPSA) is 130 Å². The van der Waals surface area contributed by atoms with E-state index in [9.17, 15) is 19.5 Å². The molecular weight excluding hydrogens is 470 g/mol. The van der Waals surface area contributed by atoms with Crippen molar-refractivity contribution < 1.29 is 43.2 Å². The van der Waals surface area contributed by atoms with E-state index in [0.29, 0.717) is 28.5 Å². The largest absolute Gasteiger partial charge is 0.507 e. The number of Topliss-reactive ketones (excluding diaryl/α,β-unsaturated/α-hetero) is 2. The molecule has 0 unspecified atom stereocenters. The van der Waals surface area contributed by atoms with Crippen LogP contribution in [0.4, 0.5) is 5.69 Å². The van der Waals surface area contributed by atoms with Gasteiger partial charge in [-0.25, -0.2) is 0 Å². The standard InChI is InChI=1S/C26H27NO9/c1-13-16(22(30)25(36-6)24(35-5)21(13)29)9-14-7-8-18(28)17(10-14)26(31)27-15-11-19(32-2)23(34-4)20(12-15)33-3/h7-8,10-12,28H,9H2,1-6H3,(H,27,31). The van der Waals surface area contributed by atoms with E-state index < -0.39 is 17.5 Å². The molecule has 0 saturated carbocycles. The Morgan fingerprint density at radius 3 is 1.94 bits per heavy atom. The minimum Gasteiger partial charge on any atom is -0.507 e. The molecule has 1 amide bonds. The number of methoxy groups -OCH3 is 5. The maximum Gasteiger partial charge on any atom is 0.259 e. The number of carbonyl (C=O) groups is 3. The zero-order valence-electron chi connectivity index (χ0n) is 20.8. The molecule has 0 spiro atoms. The molecule has 36 heavy (non-hydrogen) atoms. The van der Waals surface area contributed by atoms with E-state index >= 15 is 0 Å². The Balaban J connectivity index is 1.92. The number of hydrogen-bond donors (Lipinski definition) is 2. The lowest BCUT2D eigenvalue weighted by atomic mass is 9.88. The van der Waals surface area contributed by atoms with Gasteiger partial charge < -0.3 is 34.1 Å². The monoisotopic (exact) mass is 497 g/mol. The van der Waals surface area contributed by atoms with Crippen molar-refractivity contribution in [1.82, 2.24) is 0 Å². The second kappa shape index (κ2) is 10.9. The van der Waals surface area contributed by atoms with Crippen LogP contribution in [0.25, 0.3) is 0 Å². The summed E-state index contributed by atoms with van der Waals surface area (Å²) in [6, 6.07) is 7.45. The number of ketones is 2. The number of carbonyl (C=O) groups excluding carboxylic acids is 3. The molecule has 1 aliphatic rings. The zero-order valence-corrected chi connectivity index (χ0v) is 20.8. The molecule has 2 N–H and O–H groups in total. The predicted octanol–water partition coefficient (Wildman–Crippen LogP) is 3.19. The van der Waals surface area contributed by atoms with Gasteiger partial charge in [0.1, 0.15) is 5.75 Å². The number of hydrogen-bond acceptors (Lipinski definition) is 9. The van der Waals surface area contributed by atoms with E-state index in [2.05, 4.69) is 5.32 Å². The number of rotatable bonds is 9. The quantitative estimate of drug-likeness (QED) is 0.502. The van der Waals surface area contributed by atoms with Gasteiger partial charge in [0, 0.05) is 35.4 Å². The number of phenolic OH excluding ortho intramolecular Hbond substituents is 1. The maximum absolute atomic E-state index is 13.0. The minimum atomic E-state index is -0.612. The lowest BCUT2D eigenvalue weighted by Gasteiger charge is -2.20. The number of ether oxygens (including phenoxy) is 5. The Morgan fingerprint density at radius 2 is 1.42 bits per heavy atom. The van der Waals surface area contributed by atoms with E-state index in [-0.39, 0.29) is 40.4 Å². The van der Waals surface area contributed by atoms with Crippen LogP contribution < -0.4 is 19.5 Å². The molecule has 190 valence electrons. The highest BCUT2D eigenvalue weighted by molar-refractivity contribution is 6.23. The third-order valence-corrected chi connectivity index (χ3v) is 5.70. The van der Waals surface area contributed by atoms with Crippen molar-refractivity contribution >= 4 is 23.2 Å². The summed E-state index contributed by atoms with van der Waals surface area (Å²) < 4.78 is 26.1. The number of nitrogens with one attached hydrogen (secondary N) is 1. The number of anilines is 1. The molecule has 1 aliphatic carbocycles. The van der Waals surface area contributed by atoms with Gasteiger partial charge in [0.05, 0.1) is 41.1 Å². The highest BCUT2D eigenvalue weighted by Gasteiger charge is 2.34. The van der Waals surface area contributed by atoms with Gasteiger partial charge in [-0.3, -0.25) is 14.4 Å². The summed E-state index contributed by atoms with van der Waals surface area (Å²) in [6.07, 6.45) is 0.0327. The molecule has 0 fully saturated rings. The van der Waals surface area contributed by atoms with Crippen LogP contribution in [-0.2, 0) is 25.5 Å². The molecule has 0 aliphatic heterocycles. The molecule has 10 heteroatoms. The van der Waals surface area contributed by atoms with Gasteiger partial charge in [0.2, 0.25) is 28.8 Å². The van der Waals surface area contributed by atoms with Crippen LogP contribution in [0.2, 0.25) is 0 Å². The molecular formula is C26H27NO9. The summed E-state index contributed by atoms with van der Waals surface area (Å²) >= 11 is 0. The van der Waals surface area contributed by atoms with E-state index in [1.165, 1.54) is 54.6 Å². The Morgan fingerprint density at radius 1 is 0.833 bits per heavy atom. The number of aromatic hydroxyl groups is 1. The lowest BCUT2D eigenvalue weighted by molar-refractivity contribution is -0.121. The fraction of sp³-hybridized carbons (Fsp3) is 0.269. The summed E-state index contributed by atoms with van der Waals surface area (Å²) in [5.41, 5.74) is 1.25. The van der Waals surface area contributed by atoms with Crippen LogP contribution in [-0.4, -0.2) is 58.1 Å². The molecule has 2 aromatic rings. The zero-order chi connectivity index (χ0) is 26.6. The molecule has 0 atom stereocenters. The molecule has 10 nitrogen and oxygen atoms in total. The van der Waals surface area contributed by atoms with Crippen LogP contribution >= 0.6 is 0 Å². The maximum atomic E-state index is 13.0. The predicted molar refractivity (Wildman–Crippen MR) is 130 cm³/mol. The van der Waals surface area contributed by atoms with Gasteiger partial charge in [-0.2, -0.15) is 0 Å². The molecule has 0 radical (unpaired) electrons. The first-order chi connectivity index (χ1) is 17.2. The number of amides is 1. The normalized spacial score (nSPS) is 13.5. The van der Waals surface area contributed by atoms with Crippen LogP contribution in [0.5, 0.6) is 23.0 Å². The van der Waals surface area contributed by atoms with E-state index in [0.717, 1.165) is 0 Å². The first-order valence-corrected chi connectivity index (χ1v) is 10.7. The SMILES string of the molecule is COC1=C(OC)C(=O)C(Cc2ccc(O)c(C(=O)Nc3cc(OC)c(OC)c(OC)c3)c2)=C(C)C1=O. The molecule has 0 heterocycles. The first-order valence-electron chi connectivity index (χ1n) is 10.7. The van der Waals surface area contributed by atoms with Gasteiger partial charge in [0.15, 0.2) is 11.5 Å². The van der Waals surface area contributed by atoms with Crippen LogP contribution in [0.3, 0.4) is 0 Å². The van der Waals surface area contributed by atoms with E-state index in [4.69, 9.17) is 23.7 Å². The Labute approximate surface area is 208 Å². The van der Waals surface area contributed by atoms with Crippen molar-refractivity contribution in [1.29, 1.82) is 0 Å². The van der Waals surface area contributed by atoms with E-state index in [1.807, 2.05) is 0 Å². The summed E-state index contributed by atoms with van der Waals surface area (Å²) in [7, 11) is 6.93. The van der Waals surface area contributed by atoms with Crippen LogP contribution in [0, 0.1) is 0 Å². The lowest BCUT2D eigenvalue weighted by Crippen LogP contribution is -2.26. The molecule has 3 rings (SSSR count). The van der Waals surface area contributed by atoms with Gasteiger partial charge in [-0.05, 0) is 24.6 Å².